The number of hydrogen-bond acceptors (Lipinski definition) is 3. The molecule has 0 bridgehead atoms. The van der Waals surface area contributed by atoms with Crippen molar-refractivity contribution in [1.29, 1.82) is 0 Å². The maximum Gasteiger partial charge on any atom is 0.265 e. The second-order valence-corrected chi connectivity index (χ2v) is 9.44. The lowest BCUT2D eigenvalue weighted by Crippen LogP contribution is -2.32. The van der Waals surface area contributed by atoms with Crippen LogP contribution in [0.5, 0.6) is 5.75 Å². The van der Waals surface area contributed by atoms with Gasteiger partial charge in [0.25, 0.3) is 5.91 Å². The van der Waals surface area contributed by atoms with Gasteiger partial charge < -0.3 is 10.1 Å². The number of carbonyl (C=O) groups excluding carboxylic acids is 2. The van der Waals surface area contributed by atoms with Crippen LogP contribution in [0.15, 0.2) is 66.7 Å². The molecular weight excluding hydrogens is 410 g/mol. The Kier molecular flexibility index (Phi) is 7.37. The van der Waals surface area contributed by atoms with E-state index in [4.69, 9.17) is 4.74 Å². The van der Waals surface area contributed by atoms with Gasteiger partial charge in [-0.3, -0.25) is 9.59 Å². The molecular formula is C29H33NO3. The summed E-state index contributed by atoms with van der Waals surface area (Å²) in [5.41, 5.74) is 5.06. The predicted octanol–water partition coefficient (Wildman–Crippen LogP) is 6.63. The lowest BCUT2D eigenvalue weighted by molar-refractivity contribution is -0.122. The van der Waals surface area contributed by atoms with Gasteiger partial charge in [0.05, 0.1) is 0 Å². The SMILES string of the molecule is CCC(Oc1cccc(C)c1C)C(=O)Nc1cccc(C(=O)c2ccc(C(C)(C)C)cc2)c1. The highest BCUT2D eigenvalue weighted by molar-refractivity contribution is 6.09. The summed E-state index contributed by atoms with van der Waals surface area (Å²) in [4.78, 5) is 25.9. The molecule has 1 N–H and O–H groups in total. The number of nitrogens with one attached hydrogen (secondary N) is 1. The van der Waals surface area contributed by atoms with Gasteiger partial charge in [0.2, 0.25) is 0 Å². The fraction of sp³-hybridized carbons (Fsp3) is 0.310. The Hall–Kier alpha value is -3.40. The number of carbonyl (C=O) groups is 2. The molecule has 0 radical (unpaired) electrons. The van der Waals surface area contributed by atoms with E-state index in [1.54, 1.807) is 24.3 Å². The van der Waals surface area contributed by atoms with Crippen LogP contribution in [0.3, 0.4) is 0 Å². The number of rotatable bonds is 7. The molecule has 3 aromatic carbocycles. The number of ether oxygens (including phenoxy) is 1. The van der Waals surface area contributed by atoms with E-state index in [1.807, 2.05) is 63.2 Å². The average molecular weight is 444 g/mol. The van der Waals surface area contributed by atoms with Crippen molar-refractivity contribution < 1.29 is 14.3 Å². The summed E-state index contributed by atoms with van der Waals surface area (Å²) >= 11 is 0. The number of amides is 1. The average Bonchev–Trinajstić information content (AvgIpc) is 2.79. The van der Waals surface area contributed by atoms with Gasteiger partial charge in [0.1, 0.15) is 5.75 Å². The molecule has 0 saturated heterocycles. The normalized spacial score (nSPS) is 12.2. The van der Waals surface area contributed by atoms with Crippen LogP contribution in [0.1, 0.15) is 66.7 Å². The molecule has 0 saturated carbocycles. The highest BCUT2D eigenvalue weighted by atomic mass is 16.5. The lowest BCUT2D eigenvalue weighted by Gasteiger charge is -2.19. The maximum absolute atomic E-state index is 13.0. The third-order valence-electron chi connectivity index (χ3n) is 5.89. The second kappa shape index (κ2) is 10.0. The fourth-order valence-corrected chi connectivity index (χ4v) is 3.58. The predicted molar refractivity (Wildman–Crippen MR) is 134 cm³/mol. The number of benzene rings is 3. The third kappa shape index (κ3) is 5.89. The van der Waals surface area contributed by atoms with Crippen LogP contribution in [0.4, 0.5) is 5.69 Å². The van der Waals surface area contributed by atoms with Gasteiger partial charge in [-0.2, -0.15) is 0 Å². The van der Waals surface area contributed by atoms with Crippen LogP contribution in [0, 0.1) is 13.8 Å². The minimum atomic E-state index is -0.630. The molecule has 172 valence electrons. The number of anilines is 1. The zero-order valence-corrected chi connectivity index (χ0v) is 20.4. The van der Waals surface area contributed by atoms with Crippen LogP contribution in [0.25, 0.3) is 0 Å². The van der Waals surface area contributed by atoms with Crippen molar-refractivity contribution in [2.24, 2.45) is 0 Å². The molecule has 1 atom stereocenters. The fourth-order valence-electron chi connectivity index (χ4n) is 3.58. The van der Waals surface area contributed by atoms with Gasteiger partial charge in [0, 0.05) is 16.8 Å². The van der Waals surface area contributed by atoms with Gasteiger partial charge >= 0.3 is 0 Å². The first-order valence-corrected chi connectivity index (χ1v) is 11.4. The molecule has 0 aliphatic carbocycles. The van der Waals surface area contributed by atoms with E-state index in [1.165, 1.54) is 5.56 Å². The zero-order valence-electron chi connectivity index (χ0n) is 20.4. The summed E-state index contributed by atoms with van der Waals surface area (Å²) in [6.45, 7) is 12.3. The van der Waals surface area contributed by atoms with Crippen molar-refractivity contribution in [3.8, 4) is 5.75 Å². The Balaban J connectivity index is 1.74. The Morgan fingerprint density at radius 2 is 1.58 bits per heavy atom. The molecule has 0 fully saturated rings. The summed E-state index contributed by atoms with van der Waals surface area (Å²) in [7, 11) is 0. The maximum atomic E-state index is 13.0. The standard InChI is InChI=1S/C29H33NO3/c1-7-25(33-26-13-8-10-19(2)20(26)3)28(32)30-24-12-9-11-22(18-24)27(31)21-14-16-23(17-15-21)29(4,5)6/h8-18,25H,7H2,1-6H3,(H,30,32). The molecule has 0 aromatic heterocycles. The molecule has 0 spiro atoms. The number of hydrogen-bond donors (Lipinski definition) is 1. The van der Waals surface area contributed by atoms with Crippen LogP contribution in [-0.4, -0.2) is 17.8 Å². The quantitative estimate of drug-likeness (QED) is 0.417. The molecule has 33 heavy (non-hydrogen) atoms. The van der Waals surface area contributed by atoms with E-state index in [2.05, 4.69) is 26.1 Å². The van der Waals surface area contributed by atoms with Crippen molar-refractivity contribution in [2.45, 2.75) is 59.5 Å². The van der Waals surface area contributed by atoms with Crippen LogP contribution < -0.4 is 10.1 Å². The Morgan fingerprint density at radius 1 is 0.909 bits per heavy atom. The summed E-state index contributed by atoms with van der Waals surface area (Å²) in [5.74, 6) is 0.391. The van der Waals surface area contributed by atoms with Gasteiger partial charge in [-0.15, -0.1) is 0 Å². The first kappa shape index (κ1) is 24.2. The highest BCUT2D eigenvalue weighted by Crippen LogP contribution is 2.25. The van der Waals surface area contributed by atoms with E-state index in [0.717, 1.165) is 11.1 Å². The molecule has 4 nitrogen and oxygen atoms in total. The minimum Gasteiger partial charge on any atom is -0.480 e. The molecule has 1 unspecified atom stereocenters. The summed E-state index contributed by atoms with van der Waals surface area (Å²) in [6.07, 6.45) is -0.104. The van der Waals surface area contributed by atoms with Gasteiger partial charge in [-0.1, -0.05) is 76.2 Å². The Bertz CT molecular complexity index is 1140. The summed E-state index contributed by atoms with van der Waals surface area (Å²) in [6, 6.07) is 20.6. The second-order valence-electron chi connectivity index (χ2n) is 9.44. The van der Waals surface area contributed by atoms with Crippen molar-refractivity contribution in [3.05, 3.63) is 94.5 Å². The lowest BCUT2D eigenvalue weighted by atomic mass is 9.86. The molecule has 0 heterocycles. The Morgan fingerprint density at radius 3 is 2.21 bits per heavy atom. The van der Waals surface area contributed by atoms with E-state index in [9.17, 15) is 9.59 Å². The van der Waals surface area contributed by atoms with Gasteiger partial charge in [-0.05, 0) is 60.6 Å². The van der Waals surface area contributed by atoms with E-state index in [0.29, 0.717) is 29.0 Å². The molecule has 3 rings (SSSR count). The van der Waals surface area contributed by atoms with Crippen molar-refractivity contribution in [2.75, 3.05) is 5.32 Å². The summed E-state index contributed by atoms with van der Waals surface area (Å²) < 4.78 is 6.02. The number of ketones is 1. The molecule has 1 amide bonds. The monoisotopic (exact) mass is 443 g/mol. The smallest absolute Gasteiger partial charge is 0.265 e. The van der Waals surface area contributed by atoms with E-state index >= 15 is 0 Å². The zero-order chi connectivity index (χ0) is 24.2. The molecule has 4 heteroatoms. The third-order valence-corrected chi connectivity index (χ3v) is 5.89. The molecule has 0 aliphatic heterocycles. The van der Waals surface area contributed by atoms with Gasteiger partial charge in [-0.25, -0.2) is 0 Å². The minimum absolute atomic E-state index is 0.0284. The summed E-state index contributed by atoms with van der Waals surface area (Å²) in [5, 5.41) is 2.91. The number of aryl methyl sites for hydroxylation is 1. The van der Waals surface area contributed by atoms with Crippen molar-refractivity contribution in [3.63, 3.8) is 0 Å². The van der Waals surface area contributed by atoms with Crippen LogP contribution in [0.2, 0.25) is 0 Å². The van der Waals surface area contributed by atoms with E-state index in [-0.39, 0.29) is 17.1 Å². The highest BCUT2D eigenvalue weighted by Gasteiger charge is 2.20. The topological polar surface area (TPSA) is 55.4 Å². The Labute approximate surface area is 197 Å². The molecule has 3 aromatic rings. The van der Waals surface area contributed by atoms with Crippen molar-refractivity contribution in [1.82, 2.24) is 0 Å². The molecule has 0 aliphatic rings. The first-order valence-electron chi connectivity index (χ1n) is 11.4. The first-order chi connectivity index (χ1) is 15.6. The van der Waals surface area contributed by atoms with E-state index < -0.39 is 6.10 Å². The van der Waals surface area contributed by atoms with Crippen molar-refractivity contribution >= 4 is 17.4 Å². The van der Waals surface area contributed by atoms with Crippen LogP contribution in [-0.2, 0) is 10.2 Å². The largest absolute Gasteiger partial charge is 0.480 e. The van der Waals surface area contributed by atoms with Crippen LogP contribution >= 0.6 is 0 Å². The van der Waals surface area contributed by atoms with Gasteiger partial charge in [0.15, 0.2) is 11.9 Å².